The third-order valence-electron chi connectivity index (χ3n) is 4.76. The molecule has 2 amide bonds. The van der Waals surface area contributed by atoms with Crippen molar-refractivity contribution in [2.45, 2.75) is 19.9 Å². The van der Waals surface area contributed by atoms with Crippen molar-refractivity contribution in [3.8, 4) is 5.75 Å². The van der Waals surface area contributed by atoms with Crippen LogP contribution in [0.3, 0.4) is 0 Å². The molecule has 3 rings (SSSR count). The van der Waals surface area contributed by atoms with Gasteiger partial charge in [0.05, 0.1) is 7.11 Å². The van der Waals surface area contributed by atoms with Crippen LogP contribution in [0.4, 0.5) is 0 Å². The van der Waals surface area contributed by atoms with Gasteiger partial charge in [-0.2, -0.15) is 0 Å². The summed E-state index contributed by atoms with van der Waals surface area (Å²) >= 11 is 1.15. The monoisotopic (exact) mass is 389 g/mol. The summed E-state index contributed by atoms with van der Waals surface area (Å²) in [4.78, 5) is 40.3. The molecule has 0 unspecified atom stereocenters. The minimum Gasteiger partial charge on any atom is -0.497 e. The van der Waals surface area contributed by atoms with Crippen LogP contribution >= 0.6 is 11.3 Å². The molecule has 0 bridgehead atoms. The number of hydrogen-bond donors (Lipinski definition) is 0. The van der Waals surface area contributed by atoms with Crippen LogP contribution < -0.4 is 9.61 Å². The minimum absolute atomic E-state index is 0.0148. The van der Waals surface area contributed by atoms with E-state index in [1.54, 1.807) is 51.1 Å². The van der Waals surface area contributed by atoms with Gasteiger partial charge in [-0.15, -0.1) is 0 Å². The van der Waals surface area contributed by atoms with Crippen LogP contribution in [-0.2, 0) is 11.3 Å². The van der Waals surface area contributed by atoms with Crippen LogP contribution in [0.2, 0.25) is 0 Å². The van der Waals surface area contributed by atoms with E-state index in [0.717, 1.165) is 17.0 Å². The van der Waals surface area contributed by atoms with Crippen LogP contribution in [0, 0.1) is 6.92 Å². The fourth-order valence-electron chi connectivity index (χ4n) is 3.14. The number of aromatic nitrogens is 1. The van der Waals surface area contributed by atoms with Crippen molar-refractivity contribution in [3.05, 3.63) is 50.6 Å². The topological polar surface area (TPSA) is 71.8 Å². The summed E-state index contributed by atoms with van der Waals surface area (Å²) in [5.74, 6) is 0.607. The van der Waals surface area contributed by atoms with Gasteiger partial charge in [0.25, 0.3) is 5.91 Å². The number of hydrogen-bond acceptors (Lipinski definition) is 5. The van der Waals surface area contributed by atoms with E-state index in [9.17, 15) is 14.4 Å². The Morgan fingerprint density at radius 1 is 1.15 bits per heavy atom. The van der Waals surface area contributed by atoms with E-state index in [1.165, 1.54) is 0 Å². The van der Waals surface area contributed by atoms with Gasteiger partial charge < -0.3 is 19.1 Å². The number of rotatable bonds is 5. The first-order chi connectivity index (χ1) is 13.0. The number of thiazole rings is 1. The third-order valence-corrected chi connectivity index (χ3v) is 5.64. The number of nitrogens with zero attached hydrogens (tertiary/aromatic N) is 3. The van der Waals surface area contributed by atoms with E-state index in [1.807, 2.05) is 6.92 Å². The fraction of sp³-hybridized carbons (Fsp3) is 0.421. The quantitative estimate of drug-likeness (QED) is 0.779. The molecule has 0 saturated carbocycles. The second kappa shape index (κ2) is 8.39. The number of benzene rings is 1. The Bertz CT molecular complexity index is 881. The van der Waals surface area contributed by atoms with Gasteiger partial charge in [0.15, 0.2) is 0 Å². The Balaban J connectivity index is 1.52. The van der Waals surface area contributed by atoms with Gasteiger partial charge in [0.2, 0.25) is 5.91 Å². The number of carbonyl (C=O) groups is 2. The molecule has 1 aliphatic rings. The molecule has 1 aromatic heterocycles. The second-order valence-corrected chi connectivity index (χ2v) is 7.27. The Kier molecular flexibility index (Phi) is 5.95. The number of amides is 2. The van der Waals surface area contributed by atoms with Crippen molar-refractivity contribution in [3.63, 3.8) is 0 Å². The largest absolute Gasteiger partial charge is 0.497 e. The molecule has 144 valence electrons. The van der Waals surface area contributed by atoms with Crippen molar-refractivity contribution < 1.29 is 14.3 Å². The first-order valence-electron chi connectivity index (χ1n) is 8.85. The normalized spacial score (nSPS) is 14.3. The van der Waals surface area contributed by atoms with E-state index in [0.29, 0.717) is 50.5 Å². The zero-order valence-electron chi connectivity index (χ0n) is 15.5. The highest BCUT2D eigenvalue weighted by Gasteiger charge is 2.25. The van der Waals surface area contributed by atoms with E-state index in [-0.39, 0.29) is 16.7 Å². The standard InChI is InChI=1S/C19H23N3O4S/c1-14-13-27-19(25)22(14)7-6-17(23)20-8-10-21(11-9-20)18(24)15-4-3-5-16(12-15)26-2/h3-5,12-13H,6-11H2,1-2H3. The van der Waals surface area contributed by atoms with Gasteiger partial charge in [-0.3, -0.25) is 14.4 Å². The summed E-state index contributed by atoms with van der Waals surface area (Å²) in [6, 6.07) is 7.08. The molecular weight excluding hydrogens is 366 g/mol. The molecule has 1 fully saturated rings. The minimum atomic E-state index is -0.0542. The molecule has 0 atom stereocenters. The first-order valence-corrected chi connectivity index (χ1v) is 9.73. The van der Waals surface area contributed by atoms with Crippen LogP contribution in [0.1, 0.15) is 22.5 Å². The number of aryl methyl sites for hydroxylation is 1. The SMILES string of the molecule is COc1cccc(C(=O)N2CCN(C(=O)CCn3c(C)csc3=O)CC2)c1. The summed E-state index contributed by atoms with van der Waals surface area (Å²) in [5, 5.41) is 1.80. The molecule has 0 spiro atoms. The van der Waals surface area contributed by atoms with Gasteiger partial charge in [0, 0.05) is 55.8 Å². The molecule has 1 aliphatic heterocycles. The zero-order valence-corrected chi connectivity index (χ0v) is 16.3. The molecule has 1 saturated heterocycles. The van der Waals surface area contributed by atoms with Crippen molar-refractivity contribution in [2.75, 3.05) is 33.3 Å². The lowest BCUT2D eigenvalue weighted by atomic mass is 10.1. The molecule has 2 heterocycles. The summed E-state index contributed by atoms with van der Waals surface area (Å²) < 4.78 is 6.80. The Labute approximate surface area is 161 Å². The van der Waals surface area contributed by atoms with Crippen molar-refractivity contribution in [2.24, 2.45) is 0 Å². The first kappa shape index (κ1) is 19.2. The molecule has 27 heavy (non-hydrogen) atoms. The van der Waals surface area contributed by atoms with Gasteiger partial charge in [-0.05, 0) is 25.1 Å². The summed E-state index contributed by atoms with van der Waals surface area (Å²) in [6.45, 7) is 4.28. The maximum Gasteiger partial charge on any atom is 0.307 e. The van der Waals surface area contributed by atoms with Gasteiger partial charge >= 0.3 is 4.87 Å². The average molecular weight is 389 g/mol. The maximum atomic E-state index is 12.6. The predicted molar refractivity (Wildman–Crippen MR) is 103 cm³/mol. The zero-order chi connectivity index (χ0) is 19.4. The molecule has 0 N–H and O–H groups in total. The Morgan fingerprint density at radius 2 is 1.85 bits per heavy atom. The van der Waals surface area contributed by atoms with Crippen molar-refractivity contribution in [1.29, 1.82) is 0 Å². The smallest absolute Gasteiger partial charge is 0.307 e. The molecule has 1 aromatic carbocycles. The molecule has 7 nitrogen and oxygen atoms in total. The third kappa shape index (κ3) is 4.39. The molecule has 0 aliphatic carbocycles. The van der Waals surface area contributed by atoms with Crippen molar-refractivity contribution >= 4 is 23.2 Å². The van der Waals surface area contributed by atoms with E-state index >= 15 is 0 Å². The lowest BCUT2D eigenvalue weighted by Gasteiger charge is -2.35. The predicted octanol–water partition coefficient (Wildman–Crippen LogP) is 1.60. The van der Waals surface area contributed by atoms with Gasteiger partial charge in [-0.1, -0.05) is 17.4 Å². The Morgan fingerprint density at radius 3 is 2.48 bits per heavy atom. The number of piperazine rings is 1. The second-order valence-electron chi connectivity index (χ2n) is 6.45. The summed E-state index contributed by atoms with van der Waals surface area (Å²) in [5.41, 5.74) is 1.47. The van der Waals surface area contributed by atoms with Gasteiger partial charge in [-0.25, -0.2) is 0 Å². The lowest BCUT2D eigenvalue weighted by molar-refractivity contribution is -0.132. The van der Waals surface area contributed by atoms with Crippen LogP contribution in [0.5, 0.6) is 5.75 Å². The van der Waals surface area contributed by atoms with E-state index in [4.69, 9.17) is 4.74 Å². The molecular formula is C19H23N3O4S. The maximum absolute atomic E-state index is 12.6. The molecule has 8 heteroatoms. The summed E-state index contributed by atoms with van der Waals surface area (Å²) in [6.07, 6.45) is 0.293. The lowest BCUT2D eigenvalue weighted by Crippen LogP contribution is -2.50. The van der Waals surface area contributed by atoms with E-state index < -0.39 is 0 Å². The number of ether oxygens (including phenoxy) is 1. The van der Waals surface area contributed by atoms with E-state index in [2.05, 4.69) is 0 Å². The summed E-state index contributed by atoms with van der Waals surface area (Å²) in [7, 11) is 1.57. The highest BCUT2D eigenvalue weighted by atomic mass is 32.1. The highest BCUT2D eigenvalue weighted by Crippen LogP contribution is 2.16. The van der Waals surface area contributed by atoms with Gasteiger partial charge in [0.1, 0.15) is 5.75 Å². The fourth-order valence-corrected chi connectivity index (χ4v) is 3.90. The van der Waals surface area contributed by atoms with Crippen molar-refractivity contribution in [1.82, 2.24) is 14.4 Å². The van der Waals surface area contributed by atoms with Crippen LogP contribution in [-0.4, -0.2) is 59.5 Å². The van der Waals surface area contributed by atoms with Crippen LogP contribution in [0.25, 0.3) is 0 Å². The van der Waals surface area contributed by atoms with Crippen LogP contribution in [0.15, 0.2) is 34.4 Å². The molecule has 2 aromatic rings. The molecule has 0 radical (unpaired) electrons. The highest BCUT2D eigenvalue weighted by molar-refractivity contribution is 7.07. The number of carbonyl (C=O) groups excluding carboxylic acids is 2. The average Bonchev–Trinajstić information content (AvgIpc) is 3.03. The number of methoxy groups -OCH3 is 1. The Hall–Kier alpha value is -2.61.